The van der Waals surface area contributed by atoms with Crippen molar-refractivity contribution in [3.63, 3.8) is 0 Å². The molecule has 33 heavy (non-hydrogen) atoms. The van der Waals surface area contributed by atoms with Crippen LogP contribution in [0.3, 0.4) is 0 Å². The lowest BCUT2D eigenvalue weighted by atomic mass is 9.96. The summed E-state index contributed by atoms with van der Waals surface area (Å²) < 4.78 is 0. The minimum Gasteiger partial charge on any atom is -0.344 e. The first-order chi connectivity index (χ1) is 16.2. The van der Waals surface area contributed by atoms with Crippen molar-refractivity contribution in [2.75, 3.05) is 18.4 Å². The fraction of sp³-hybridized carbons (Fsp3) is 0.320. The zero-order chi connectivity index (χ0) is 22.6. The molecule has 2 aromatic heterocycles. The van der Waals surface area contributed by atoms with Crippen molar-refractivity contribution in [2.45, 2.75) is 37.6 Å². The normalized spacial score (nSPS) is 20.4. The van der Waals surface area contributed by atoms with Crippen LogP contribution >= 0.6 is 0 Å². The Hall–Kier alpha value is -3.81. The first-order valence-electron chi connectivity index (χ1n) is 11.4. The minimum absolute atomic E-state index is 0.00141. The molecule has 2 aliphatic heterocycles. The summed E-state index contributed by atoms with van der Waals surface area (Å²) in [6.07, 6.45) is 6.26. The zero-order valence-electron chi connectivity index (χ0n) is 18.3. The van der Waals surface area contributed by atoms with Gasteiger partial charge in [0.2, 0.25) is 11.8 Å². The van der Waals surface area contributed by atoms with Gasteiger partial charge in [0, 0.05) is 55.1 Å². The summed E-state index contributed by atoms with van der Waals surface area (Å²) in [5.41, 5.74) is 2.72. The third-order valence-electron chi connectivity index (χ3n) is 6.16. The fourth-order valence-corrected chi connectivity index (χ4v) is 4.46. The third-order valence-corrected chi connectivity index (χ3v) is 6.16. The van der Waals surface area contributed by atoms with E-state index in [-0.39, 0.29) is 17.7 Å². The number of benzene rings is 1. The van der Waals surface area contributed by atoms with E-state index in [0.29, 0.717) is 31.7 Å². The molecule has 168 valence electrons. The number of nitrogens with zero attached hydrogens (tertiary/aromatic N) is 4. The van der Waals surface area contributed by atoms with Gasteiger partial charge in [-0.05, 0) is 43.5 Å². The molecule has 5 rings (SSSR count). The second kappa shape index (κ2) is 9.36. The summed E-state index contributed by atoms with van der Waals surface area (Å²) in [5.74, 6) is 1.41. The molecular weight excluding hydrogens is 416 g/mol. The Morgan fingerprint density at radius 3 is 2.64 bits per heavy atom. The van der Waals surface area contributed by atoms with Crippen LogP contribution < -0.4 is 10.6 Å². The van der Waals surface area contributed by atoms with Crippen molar-refractivity contribution in [3.8, 4) is 11.3 Å². The summed E-state index contributed by atoms with van der Waals surface area (Å²) in [4.78, 5) is 40.2. The topological polar surface area (TPSA) is 100 Å². The smallest absolute Gasteiger partial charge is 0.245 e. The predicted molar refractivity (Wildman–Crippen MR) is 125 cm³/mol. The number of likely N-dealkylation sites (tertiary alicyclic amines) is 1. The number of hydrogen-bond acceptors (Lipinski definition) is 6. The molecule has 4 heterocycles. The molecule has 0 bridgehead atoms. The molecule has 0 aliphatic carbocycles. The predicted octanol–water partition coefficient (Wildman–Crippen LogP) is 3.27. The van der Waals surface area contributed by atoms with Crippen LogP contribution in [0.4, 0.5) is 11.5 Å². The maximum atomic E-state index is 13.0. The lowest BCUT2D eigenvalue weighted by Crippen LogP contribution is -2.48. The van der Waals surface area contributed by atoms with E-state index in [4.69, 9.17) is 9.97 Å². The number of carbonyl (C=O) groups excluding carboxylic acids is 2. The zero-order valence-corrected chi connectivity index (χ0v) is 18.3. The van der Waals surface area contributed by atoms with Crippen molar-refractivity contribution in [3.05, 3.63) is 66.7 Å². The standard InChI is InChI=1S/C25H26N6O2/c32-23-9-8-20(28-23)25(33)31-14-4-5-18(16-31)24-29-21(17-10-12-26-13-11-17)15-22(30-24)27-19-6-2-1-3-7-19/h1-3,6-7,10-13,15,18,20H,4-5,8-9,14,16H2,(H,28,32)(H,27,29,30)/t18-,20-/m0/s1. The van der Waals surface area contributed by atoms with Gasteiger partial charge in [-0.2, -0.15) is 0 Å². The molecule has 8 nitrogen and oxygen atoms in total. The second-order valence-corrected chi connectivity index (χ2v) is 8.51. The summed E-state index contributed by atoms with van der Waals surface area (Å²) in [6.45, 7) is 1.25. The number of amides is 2. The molecule has 2 saturated heterocycles. The number of para-hydroxylation sites is 1. The van der Waals surface area contributed by atoms with E-state index in [2.05, 4.69) is 15.6 Å². The summed E-state index contributed by atoms with van der Waals surface area (Å²) >= 11 is 0. The highest BCUT2D eigenvalue weighted by Crippen LogP contribution is 2.29. The molecule has 2 aliphatic rings. The van der Waals surface area contributed by atoms with Crippen molar-refractivity contribution < 1.29 is 9.59 Å². The van der Waals surface area contributed by atoms with Crippen LogP contribution in [0.5, 0.6) is 0 Å². The van der Waals surface area contributed by atoms with Gasteiger partial charge >= 0.3 is 0 Å². The average Bonchev–Trinajstić information content (AvgIpc) is 3.31. The van der Waals surface area contributed by atoms with E-state index in [1.54, 1.807) is 12.4 Å². The van der Waals surface area contributed by atoms with Gasteiger partial charge in [0.1, 0.15) is 17.7 Å². The maximum absolute atomic E-state index is 13.0. The van der Waals surface area contributed by atoms with E-state index >= 15 is 0 Å². The van der Waals surface area contributed by atoms with Gasteiger partial charge in [-0.15, -0.1) is 0 Å². The molecule has 2 atom stereocenters. The molecule has 8 heteroatoms. The molecule has 0 saturated carbocycles. The van der Waals surface area contributed by atoms with Crippen molar-refractivity contribution in [2.24, 2.45) is 0 Å². The Bertz CT molecular complexity index is 1140. The average molecular weight is 443 g/mol. The summed E-state index contributed by atoms with van der Waals surface area (Å²) in [7, 11) is 0. The van der Waals surface area contributed by atoms with Crippen LogP contribution in [0.25, 0.3) is 11.3 Å². The van der Waals surface area contributed by atoms with Crippen LogP contribution in [0, 0.1) is 0 Å². The van der Waals surface area contributed by atoms with Crippen LogP contribution in [0.2, 0.25) is 0 Å². The molecule has 0 spiro atoms. The third kappa shape index (κ3) is 4.84. The summed E-state index contributed by atoms with van der Waals surface area (Å²) in [5, 5.41) is 6.18. The van der Waals surface area contributed by atoms with Crippen LogP contribution in [-0.2, 0) is 9.59 Å². The first kappa shape index (κ1) is 21.1. The number of pyridine rings is 1. The molecule has 2 N–H and O–H groups in total. The van der Waals surface area contributed by atoms with Crippen molar-refractivity contribution in [1.82, 2.24) is 25.2 Å². The second-order valence-electron chi connectivity index (χ2n) is 8.51. The molecule has 2 amide bonds. The number of aromatic nitrogens is 3. The Morgan fingerprint density at radius 1 is 1.06 bits per heavy atom. The van der Waals surface area contributed by atoms with Gasteiger partial charge in [0.15, 0.2) is 0 Å². The molecule has 1 aromatic carbocycles. The number of rotatable bonds is 5. The highest BCUT2D eigenvalue weighted by molar-refractivity contribution is 5.90. The molecule has 3 aromatic rings. The van der Waals surface area contributed by atoms with E-state index in [1.807, 2.05) is 53.4 Å². The molecule has 0 radical (unpaired) electrons. The van der Waals surface area contributed by atoms with Gasteiger partial charge in [-0.25, -0.2) is 9.97 Å². The molecule has 0 unspecified atom stereocenters. The van der Waals surface area contributed by atoms with Crippen molar-refractivity contribution >= 4 is 23.3 Å². The first-order valence-corrected chi connectivity index (χ1v) is 11.4. The van der Waals surface area contributed by atoms with Crippen LogP contribution in [0.15, 0.2) is 60.9 Å². The van der Waals surface area contributed by atoms with Gasteiger partial charge in [0.05, 0.1) is 5.69 Å². The van der Waals surface area contributed by atoms with Gasteiger partial charge in [-0.3, -0.25) is 14.6 Å². The Labute approximate surface area is 192 Å². The van der Waals surface area contributed by atoms with Gasteiger partial charge in [-0.1, -0.05) is 18.2 Å². The summed E-state index contributed by atoms with van der Waals surface area (Å²) in [6, 6.07) is 15.3. The fourth-order valence-electron chi connectivity index (χ4n) is 4.46. The lowest BCUT2D eigenvalue weighted by molar-refractivity contribution is -0.135. The van der Waals surface area contributed by atoms with Gasteiger partial charge < -0.3 is 15.5 Å². The number of carbonyl (C=O) groups is 2. The van der Waals surface area contributed by atoms with Crippen molar-refractivity contribution in [1.29, 1.82) is 0 Å². The molecule has 2 fully saturated rings. The number of piperidine rings is 1. The van der Waals surface area contributed by atoms with E-state index in [0.717, 1.165) is 35.6 Å². The van der Waals surface area contributed by atoms with E-state index in [9.17, 15) is 9.59 Å². The van der Waals surface area contributed by atoms with Crippen LogP contribution in [-0.4, -0.2) is 50.8 Å². The molecular formula is C25H26N6O2. The van der Waals surface area contributed by atoms with E-state index < -0.39 is 6.04 Å². The Kier molecular flexibility index (Phi) is 5.97. The number of hydrogen-bond donors (Lipinski definition) is 2. The highest BCUT2D eigenvalue weighted by Gasteiger charge is 2.34. The largest absolute Gasteiger partial charge is 0.344 e. The highest BCUT2D eigenvalue weighted by atomic mass is 16.2. The minimum atomic E-state index is -0.407. The number of anilines is 2. The number of nitrogens with one attached hydrogen (secondary N) is 2. The quantitative estimate of drug-likeness (QED) is 0.629. The Balaban J connectivity index is 1.42. The monoisotopic (exact) mass is 442 g/mol. The van der Waals surface area contributed by atoms with Gasteiger partial charge in [0.25, 0.3) is 0 Å². The van der Waals surface area contributed by atoms with E-state index in [1.165, 1.54) is 0 Å². The van der Waals surface area contributed by atoms with Crippen LogP contribution in [0.1, 0.15) is 37.4 Å². The SMILES string of the molecule is O=C1CC[C@@H](C(=O)N2CCC[C@H](c3nc(Nc4ccccc4)cc(-c4ccncc4)n3)C2)N1. The maximum Gasteiger partial charge on any atom is 0.245 e. The lowest BCUT2D eigenvalue weighted by Gasteiger charge is -2.33. The Morgan fingerprint density at radius 2 is 1.88 bits per heavy atom.